The van der Waals surface area contributed by atoms with Gasteiger partial charge in [0.2, 0.25) is 5.91 Å². The third kappa shape index (κ3) is 3.49. The molecule has 0 radical (unpaired) electrons. The van der Waals surface area contributed by atoms with Crippen LogP contribution in [0.2, 0.25) is 0 Å². The van der Waals surface area contributed by atoms with E-state index in [0.29, 0.717) is 5.69 Å². The van der Waals surface area contributed by atoms with Gasteiger partial charge in [0.25, 0.3) is 0 Å². The van der Waals surface area contributed by atoms with Gasteiger partial charge in [0.05, 0.1) is 11.7 Å². The maximum absolute atomic E-state index is 11.2. The number of aromatic carboxylic acids is 1. The first kappa shape index (κ1) is 14.0. The van der Waals surface area contributed by atoms with Gasteiger partial charge in [-0.25, -0.2) is 14.8 Å². The van der Waals surface area contributed by atoms with Crippen molar-refractivity contribution in [3.8, 4) is 0 Å². The Morgan fingerprint density at radius 1 is 1.50 bits per heavy atom. The van der Waals surface area contributed by atoms with Crippen LogP contribution < -0.4 is 11.1 Å². The molecule has 1 amide bonds. The van der Waals surface area contributed by atoms with Crippen molar-refractivity contribution in [3.63, 3.8) is 0 Å². The number of carbonyl (C=O) groups is 2. The molecule has 0 aliphatic rings. The molecular formula is C11H16N4O3. The highest BCUT2D eigenvalue weighted by Gasteiger charge is 2.20. The van der Waals surface area contributed by atoms with Crippen LogP contribution in [-0.2, 0) is 11.3 Å². The van der Waals surface area contributed by atoms with Crippen LogP contribution >= 0.6 is 0 Å². The van der Waals surface area contributed by atoms with Crippen LogP contribution in [0.4, 0.5) is 0 Å². The number of carboxylic acid groups (broad SMARTS) is 1. The summed E-state index contributed by atoms with van der Waals surface area (Å²) >= 11 is 0. The molecule has 1 atom stereocenters. The molecule has 0 fully saturated rings. The second kappa shape index (κ2) is 6.06. The Labute approximate surface area is 104 Å². The number of nitrogens with one attached hydrogen (secondary N) is 1. The van der Waals surface area contributed by atoms with Gasteiger partial charge in [-0.05, 0) is 5.92 Å². The molecule has 1 aromatic heterocycles. The lowest BCUT2D eigenvalue weighted by atomic mass is 10.0. The molecule has 1 rings (SSSR count). The van der Waals surface area contributed by atoms with Crippen molar-refractivity contribution in [2.45, 2.75) is 26.4 Å². The van der Waals surface area contributed by atoms with Crippen molar-refractivity contribution < 1.29 is 14.7 Å². The molecule has 1 unspecified atom stereocenters. The normalized spacial score (nSPS) is 12.4. The summed E-state index contributed by atoms with van der Waals surface area (Å²) in [6.07, 6.45) is 2.49. The molecule has 1 heterocycles. The van der Waals surface area contributed by atoms with Crippen LogP contribution in [0.5, 0.6) is 0 Å². The van der Waals surface area contributed by atoms with Crippen molar-refractivity contribution in [1.29, 1.82) is 0 Å². The first-order valence-electron chi connectivity index (χ1n) is 5.48. The van der Waals surface area contributed by atoms with E-state index in [1.54, 1.807) is 0 Å². The van der Waals surface area contributed by atoms with E-state index >= 15 is 0 Å². The van der Waals surface area contributed by atoms with Crippen molar-refractivity contribution >= 4 is 11.9 Å². The van der Waals surface area contributed by atoms with Gasteiger partial charge in [-0.1, -0.05) is 13.8 Å². The van der Waals surface area contributed by atoms with Gasteiger partial charge in [-0.15, -0.1) is 0 Å². The topological polar surface area (TPSA) is 118 Å². The summed E-state index contributed by atoms with van der Waals surface area (Å²) in [6.45, 7) is 3.84. The van der Waals surface area contributed by atoms with Gasteiger partial charge in [-0.3, -0.25) is 10.1 Å². The number of rotatable bonds is 6. The first-order chi connectivity index (χ1) is 8.43. The number of amides is 1. The summed E-state index contributed by atoms with van der Waals surface area (Å²) in [7, 11) is 0. The summed E-state index contributed by atoms with van der Waals surface area (Å²) < 4.78 is 0. The number of nitrogens with two attached hydrogens (primary N) is 1. The fourth-order valence-electron chi connectivity index (χ4n) is 1.55. The number of hydrogen-bond donors (Lipinski definition) is 3. The van der Waals surface area contributed by atoms with Crippen LogP contribution in [-0.4, -0.2) is 33.0 Å². The highest BCUT2D eigenvalue weighted by molar-refractivity contribution is 5.88. The lowest BCUT2D eigenvalue weighted by Gasteiger charge is -2.18. The van der Waals surface area contributed by atoms with Gasteiger partial charge >= 0.3 is 5.97 Å². The summed E-state index contributed by atoms with van der Waals surface area (Å²) in [5, 5.41) is 11.9. The summed E-state index contributed by atoms with van der Waals surface area (Å²) in [6, 6.07) is -0.526. The van der Waals surface area contributed by atoms with Crippen LogP contribution in [0.1, 0.15) is 29.9 Å². The van der Waals surface area contributed by atoms with Crippen LogP contribution in [0.15, 0.2) is 12.5 Å². The van der Waals surface area contributed by atoms with E-state index in [-0.39, 0.29) is 18.0 Å². The highest BCUT2D eigenvalue weighted by atomic mass is 16.4. The predicted octanol–water partition coefficient (Wildman–Crippen LogP) is -0.226. The molecule has 0 spiro atoms. The van der Waals surface area contributed by atoms with E-state index < -0.39 is 17.9 Å². The number of carbonyl (C=O) groups excluding carboxylic acids is 1. The first-order valence-corrected chi connectivity index (χ1v) is 5.48. The number of hydrogen-bond acceptors (Lipinski definition) is 5. The second-order valence-electron chi connectivity index (χ2n) is 4.19. The molecule has 7 nitrogen and oxygen atoms in total. The number of nitrogens with zero attached hydrogens (tertiary/aromatic N) is 2. The van der Waals surface area contributed by atoms with E-state index in [4.69, 9.17) is 10.8 Å². The number of aromatic nitrogens is 2. The molecule has 18 heavy (non-hydrogen) atoms. The molecule has 0 bridgehead atoms. The van der Waals surface area contributed by atoms with Crippen LogP contribution in [0.25, 0.3) is 0 Å². The molecule has 0 aromatic carbocycles. The van der Waals surface area contributed by atoms with Crippen molar-refractivity contribution in [2.24, 2.45) is 11.7 Å². The zero-order valence-electron chi connectivity index (χ0n) is 10.3. The smallest absolute Gasteiger partial charge is 0.339 e. The molecular weight excluding hydrogens is 236 g/mol. The van der Waals surface area contributed by atoms with E-state index in [1.807, 2.05) is 13.8 Å². The predicted molar refractivity (Wildman–Crippen MR) is 63.7 cm³/mol. The molecule has 0 saturated heterocycles. The highest BCUT2D eigenvalue weighted by Crippen LogP contribution is 2.06. The minimum Gasteiger partial charge on any atom is -0.478 e. The fraction of sp³-hybridized carbons (Fsp3) is 0.455. The number of carboxylic acids is 1. The van der Waals surface area contributed by atoms with Gasteiger partial charge in [0.15, 0.2) is 0 Å². The van der Waals surface area contributed by atoms with Gasteiger partial charge in [0.1, 0.15) is 11.9 Å². The minimum atomic E-state index is -1.10. The Kier molecular flexibility index (Phi) is 4.73. The van der Waals surface area contributed by atoms with Gasteiger partial charge in [-0.2, -0.15) is 0 Å². The standard InChI is InChI=1S/C11H16N4O3/c1-6(2)9(10(12)16)14-4-8-7(11(17)18)3-13-5-15-8/h3,5-6,9,14H,4H2,1-2H3,(H2,12,16)(H,17,18). The average Bonchev–Trinajstić information content (AvgIpc) is 2.28. The summed E-state index contributed by atoms with van der Waals surface area (Å²) in [4.78, 5) is 29.7. The lowest BCUT2D eigenvalue weighted by Crippen LogP contribution is -2.44. The average molecular weight is 252 g/mol. The number of primary amides is 1. The SMILES string of the molecule is CC(C)C(NCc1ncncc1C(=O)O)C(N)=O. The Morgan fingerprint density at radius 2 is 2.17 bits per heavy atom. The Hall–Kier alpha value is -2.02. The maximum Gasteiger partial charge on any atom is 0.339 e. The lowest BCUT2D eigenvalue weighted by molar-refractivity contribution is -0.121. The van der Waals surface area contributed by atoms with E-state index in [0.717, 1.165) is 0 Å². The monoisotopic (exact) mass is 252 g/mol. The maximum atomic E-state index is 11.2. The molecule has 0 saturated carbocycles. The zero-order valence-corrected chi connectivity index (χ0v) is 10.3. The second-order valence-corrected chi connectivity index (χ2v) is 4.19. The van der Waals surface area contributed by atoms with Crippen LogP contribution in [0.3, 0.4) is 0 Å². The van der Waals surface area contributed by atoms with Gasteiger partial charge in [0, 0.05) is 12.7 Å². The van der Waals surface area contributed by atoms with Gasteiger partial charge < -0.3 is 10.8 Å². The van der Waals surface area contributed by atoms with Crippen LogP contribution in [0, 0.1) is 5.92 Å². The summed E-state index contributed by atoms with van der Waals surface area (Å²) in [5.74, 6) is -1.57. The van der Waals surface area contributed by atoms with Crippen molar-refractivity contribution in [3.05, 3.63) is 23.8 Å². The molecule has 7 heteroatoms. The van der Waals surface area contributed by atoms with E-state index in [2.05, 4.69) is 15.3 Å². The molecule has 4 N–H and O–H groups in total. The van der Waals surface area contributed by atoms with E-state index in [1.165, 1.54) is 12.5 Å². The Morgan fingerprint density at radius 3 is 2.67 bits per heavy atom. The zero-order chi connectivity index (χ0) is 13.7. The molecule has 0 aliphatic carbocycles. The largest absolute Gasteiger partial charge is 0.478 e. The quantitative estimate of drug-likeness (QED) is 0.643. The Bertz CT molecular complexity index is 448. The fourth-order valence-corrected chi connectivity index (χ4v) is 1.55. The van der Waals surface area contributed by atoms with E-state index in [9.17, 15) is 9.59 Å². The third-order valence-corrected chi connectivity index (χ3v) is 2.49. The minimum absolute atomic E-state index is 0.0111. The molecule has 0 aliphatic heterocycles. The van der Waals surface area contributed by atoms with Crippen molar-refractivity contribution in [2.75, 3.05) is 0 Å². The summed E-state index contributed by atoms with van der Waals surface area (Å²) in [5.41, 5.74) is 5.58. The van der Waals surface area contributed by atoms with Crippen molar-refractivity contribution in [1.82, 2.24) is 15.3 Å². The Balaban J connectivity index is 2.79. The molecule has 1 aromatic rings. The molecule has 98 valence electrons. The third-order valence-electron chi connectivity index (χ3n) is 2.49.